The molecule has 4 unspecified atom stereocenters. The van der Waals surface area contributed by atoms with Crippen molar-refractivity contribution in [3.63, 3.8) is 0 Å². The molecule has 262 valence electrons. The molecule has 0 saturated heterocycles. The highest BCUT2D eigenvalue weighted by atomic mass is 35.5. The van der Waals surface area contributed by atoms with E-state index in [0.717, 1.165) is 63.5 Å². The fourth-order valence-corrected chi connectivity index (χ4v) is 7.92. The van der Waals surface area contributed by atoms with Crippen LogP contribution in [-0.4, -0.2) is 37.1 Å². The standard InChI is InChI=1S/C34H36Cl6O8/c1-5-17-7-9-33(3,13-17)15-45-29(41)23-25(39)19(35)11-21(37)27(23)47-31(43)32(44)48-28-22(38)12-20(36)26(40)24(28)30(42)46-16-34(4)10-8-18(6-2)14-34/h11-12,17-18H,5-10,13-16H2,1-4H3. The molecule has 0 radical (unpaired) electrons. The van der Waals surface area contributed by atoms with Crippen molar-refractivity contribution in [2.75, 3.05) is 13.2 Å². The van der Waals surface area contributed by atoms with E-state index in [1.807, 2.05) is 13.8 Å². The molecule has 2 aromatic rings. The molecule has 0 bridgehead atoms. The predicted octanol–water partition coefficient (Wildman–Crippen LogP) is 10.9. The van der Waals surface area contributed by atoms with Crippen molar-refractivity contribution in [1.29, 1.82) is 0 Å². The largest absolute Gasteiger partial charge is 0.461 e. The first kappa shape index (κ1) is 38.9. The normalized spacial score (nSPS) is 23.5. The minimum Gasteiger partial charge on any atom is -0.461 e. The molecule has 0 amide bonds. The molecule has 2 aliphatic carbocycles. The number of carbonyl (C=O) groups is 4. The van der Waals surface area contributed by atoms with Crippen LogP contribution in [0.4, 0.5) is 0 Å². The molecule has 14 heteroatoms. The third kappa shape index (κ3) is 8.85. The zero-order valence-electron chi connectivity index (χ0n) is 26.9. The average Bonchev–Trinajstić information content (AvgIpc) is 3.62. The maximum atomic E-state index is 13.3. The molecule has 48 heavy (non-hydrogen) atoms. The van der Waals surface area contributed by atoms with Crippen LogP contribution in [0, 0.1) is 22.7 Å². The zero-order chi connectivity index (χ0) is 35.6. The van der Waals surface area contributed by atoms with Crippen LogP contribution in [0.5, 0.6) is 11.5 Å². The van der Waals surface area contributed by atoms with Gasteiger partial charge in [-0.1, -0.05) is 110 Å². The number of benzene rings is 2. The second-order valence-corrected chi connectivity index (χ2v) is 15.7. The molecule has 2 fully saturated rings. The Kier molecular flexibility index (Phi) is 12.9. The van der Waals surface area contributed by atoms with Crippen LogP contribution in [0.25, 0.3) is 0 Å². The van der Waals surface area contributed by atoms with Gasteiger partial charge in [0.05, 0.1) is 43.3 Å². The smallest absolute Gasteiger partial charge is 0.423 e. The molecule has 0 aromatic heterocycles. The van der Waals surface area contributed by atoms with Gasteiger partial charge in [-0.05, 0) is 62.5 Å². The van der Waals surface area contributed by atoms with Crippen LogP contribution in [0.15, 0.2) is 12.1 Å². The van der Waals surface area contributed by atoms with E-state index in [2.05, 4.69) is 13.8 Å². The number of hydrogen-bond acceptors (Lipinski definition) is 8. The maximum Gasteiger partial charge on any atom is 0.423 e. The van der Waals surface area contributed by atoms with Crippen molar-refractivity contribution in [2.24, 2.45) is 22.7 Å². The highest BCUT2D eigenvalue weighted by Gasteiger charge is 2.38. The van der Waals surface area contributed by atoms with Crippen molar-refractivity contribution in [2.45, 2.75) is 79.1 Å². The maximum absolute atomic E-state index is 13.3. The van der Waals surface area contributed by atoms with Crippen LogP contribution in [0.3, 0.4) is 0 Å². The van der Waals surface area contributed by atoms with Crippen molar-refractivity contribution >= 4 is 93.5 Å². The third-order valence-corrected chi connectivity index (χ3v) is 11.5. The molecular formula is C34H36Cl6O8. The SMILES string of the molecule is CCC1CCC(C)(COC(=O)c2c(Cl)c(Cl)cc(Cl)c2OC(=O)C(=O)Oc2c(Cl)cc(Cl)c(Cl)c2C(=O)OCC2(C)CCC(CC)C2)C1. The lowest BCUT2D eigenvalue weighted by Gasteiger charge is -2.24. The van der Waals surface area contributed by atoms with Gasteiger partial charge in [-0.3, -0.25) is 0 Å². The van der Waals surface area contributed by atoms with Gasteiger partial charge in [0.25, 0.3) is 0 Å². The molecule has 0 heterocycles. The van der Waals surface area contributed by atoms with E-state index in [0.29, 0.717) is 11.8 Å². The summed E-state index contributed by atoms with van der Waals surface area (Å²) in [4.78, 5) is 52.7. The summed E-state index contributed by atoms with van der Waals surface area (Å²) in [6, 6.07) is 2.27. The summed E-state index contributed by atoms with van der Waals surface area (Å²) in [5.74, 6) is -5.29. The summed E-state index contributed by atoms with van der Waals surface area (Å²) < 4.78 is 21.7. The van der Waals surface area contributed by atoms with E-state index < -0.39 is 46.5 Å². The molecule has 2 saturated carbocycles. The Labute approximate surface area is 309 Å². The van der Waals surface area contributed by atoms with Gasteiger partial charge < -0.3 is 18.9 Å². The average molecular weight is 785 g/mol. The molecule has 2 aliphatic rings. The molecule has 4 atom stereocenters. The lowest BCUT2D eigenvalue weighted by Crippen LogP contribution is -2.28. The summed E-state index contributed by atoms with van der Waals surface area (Å²) in [5.41, 5.74) is -1.41. The van der Waals surface area contributed by atoms with Crippen LogP contribution < -0.4 is 9.47 Å². The summed E-state index contributed by atoms with van der Waals surface area (Å²) in [6.07, 6.45) is 7.54. The lowest BCUT2D eigenvalue weighted by atomic mass is 9.88. The van der Waals surface area contributed by atoms with Gasteiger partial charge in [0, 0.05) is 10.8 Å². The van der Waals surface area contributed by atoms with Gasteiger partial charge in [0.1, 0.15) is 11.1 Å². The molecular weight excluding hydrogens is 749 g/mol. The monoisotopic (exact) mass is 782 g/mol. The molecule has 0 aliphatic heterocycles. The Balaban J connectivity index is 1.54. The Morgan fingerprint density at radius 1 is 0.646 bits per heavy atom. The summed E-state index contributed by atoms with van der Waals surface area (Å²) in [6.45, 7) is 8.42. The quantitative estimate of drug-likeness (QED) is 0.101. The fraction of sp³-hybridized carbons (Fsp3) is 0.529. The molecule has 8 nitrogen and oxygen atoms in total. The summed E-state index contributed by atoms with van der Waals surface area (Å²) >= 11 is 37.7. The first-order valence-corrected chi connectivity index (χ1v) is 17.9. The van der Waals surface area contributed by atoms with Gasteiger partial charge in [-0.25, -0.2) is 19.2 Å². The first-order chi connectivity index (χ1) is 22.5. The Bertz CT molecular complexity index is 1500. The van der Waals surface area contributed by atoms with Crippen molar-refractivity contribution in [1.82, 2.24) is 0 Å². The summed E-state index contributed by atoms with van der Waals surface area (Å²) in [7, 11) is 0. The zero-order valence-corrected chi connectivity index (χ0v) is 31.4. The van der Waals surface area contributed by atoms with Crippen LogP contribution >= 0.6 is 69.6 Å². The minimum absolute atomic E-state index is 0.0747. The number of esters is 4. The van der Waals surface area contributed by atoms with E-state index in [-0.39, 0.29) is 54.2 Å². The van der Waals surface area contributed by atoms with Crippen molar-refractivity contribution in [3.05, 3.63) is 53.4 Å². The third-order valence-electron chi connectivity index (χ3n) is 9.35. The highest BCUT2D eigenvalue weighted by Crippen LogP contribution is 2.46. The van der Waals surface area contributed by atoms with E-state index in [1.54, 1.807) is 0 Å². The summed E-state index contributed by atoms with van der Waals surface area (Å²) in [5, 5.41) is -1.45. The fourth-order valence-electron chi connectivity index (χ4n) is 6.48. The van der Waals surface area contributed by atoms with Crippen molar-refractivity contribution < 1.29 is 38.1 Å². The molecule has 0 N–H and O–H groups in total. The highest BCUT2D eigenvalue weighted by molar-refractivity contribution is 6.47. The lowest BCUT2D eigenvalue weighted by molar-refractivity contribution is -0.156. The van der Waals surface area contributed by atoms with Crippen LogP contribution in [0.1, 0.15) is 99.8 Å². The second kappa shape index (κ2) is 15.9. The van der Waals surface area contributed by atoms with E-state index in [4.69, 9.17) is 88.6 Å². The van der Waals surface area contributed by atoms with Crippen LogP contribution in [0.2, 0.25) is 30.1 Å². The number of carbonyl (C=O) groups excluding carboxylic acids is 4. The topological polar surface area (TPSA) is 105 Å². The molecule has 4 rings (SSSR count). The van der Waals surface area contributed by atoms with Crippen molar-refractivity contribution in [3.8, 4) is 11.5 Å². The van der Waals surface area contributed by atoms with Gasteiger partial charge in [0.2, 0.25) is 0 Å². The number of halogens is 6. The number of rotatable bonds is 10. The Morgan fingerprint density at radius 3 is 1.31 bits per heavy atom. The van der Waals surface area contributed by atoms with Gasteiger partial charge in [-0.2, -0.15) is 0 Å². The van der Waals surface area contributed by atoms with Crippen LogP contribution in [-0.2, 0) is 19.1 Å². The van der Waals surface area contributed by atoms with E-state index in [9.17, 15) is 19.2 Å². The van der Waals surface area contributed by atoms with Gasteiger partial charge in [-0.15, -0.1) is 0 Å². The second-order valence-electron chi connectivity index (χ2n) is 13.3. The first-order valence-electron chi connectivity index (χ1n) is 15.6. The molecule has 2 aromatic carbocycles. The number of hydrogen-bond donors (Lipinski definition) is 0. The Hall–Kier alpha value is -1.94. The Morgan fingerprint density at radius 2 is 1.00 bits per heavy atom. The predicted molar refractivity (Wildman–Crippen MR) is 186 cm³/mol. The minimum atomic E-state index is -1.64. The van der Waals surface area contributed by atoms with Gasteiger partial charge >= 0.3 is 23.9 Å². The molecule has 0 spiro atoms. The van der Waals surface area contributed by atoms with Gasteiger partial charge in [0.15, 0.2) is 11.5 Å². The van der Waals surface area contributed by atoms with E-state index in [1.165, 1.54) is 0 Å². The van der Waals surface area contributed by atoms with E-state index >= 15 is 0 Å². The number of ether oxygens (including phenoxy) is 4.